The normalized spacial score (nSPS) is 17.8. The summed E-state index contributed by atoms with van der Waals surface area (Å²) >= 11 is 0. The van der Waals surface area contributed by atoms with E-state index >= 15 is 0 Å². The van der Waals surface area contributed by atoms with E-state index < -0.39 is 0 Å². The van der Waals surface area contributed by atoms with E-state index in [9.17, 15) is 4.79 Å². The number of H-pyrrole nitrogens is 1. The summed E-state index contributed by atoms with van der Waals surface area (Å²) in [5.41, 5.74) is 2.12. The molecule has 0 spiro atoms. The molecular weight excluding hydrogens is 252 g/mol. The van der Waals surface area contributed by atoms with Gasteiger partial charge in [-0.05, 0) is 6.42 Å². The average Bonchev–Trinajstić information content (AvgIpc) is 2.93. The number of aromatic nitrogens is 2. The first kappa shape index (κ1) is 15.0. The second-order valence-corrected chi connectivity index (χ2v) is 5.52. The third kappa shape index (κ3) is 4.34. The average molecular weight is 278 g/mol. The van der Waals surface area contributed by atoms with E-state index in [0.717, 1.165) is 24.4 Å². The molecular formula is C15H26N4O. The maximum Gasteiger partial charge on any atom is 0.237 e. The third-order valence-corrected chi connectivity index (χ3v) is 3.88. The van der Waals surface area contributed by atoms with Gasteiger partial charge < -0.3 is 10.3 Å². The van der Waals surface area contributed by atoms with Crippen molar-refractivity contribution in [3.05, 3.63) is 17.7 Å². The Bertz CT molecular complexity index is 416. The number of amides is 1. The maximum atomic E-state index is 12.1. The van der Waals surface area contributed by atoms with Crippen LogP contribution in [-0.2, 0) is 17.8 Å². The molecule has 20 heavy (non-hydrogen) atoms. The predicted molar refractivity (Wildman–Crippen MR) is 79.3 cm³/mol. The van der Waals surface area contributed by atoms with Gasteiger partial charge in [-0.15, -0.1) is 0 Å². The van der Waals surface area contributed by atoms with Crippen LogP contribution < -0.4 is 10.6 Å². The molecule has 1 amide bonds. The Labute approximate surface area is 120 Å². The monoisotopic (exact) mass is 278 g/mol. The summed E-state index contributed by atoms with van der Waals surface area (Å²) in [5.74, 6) is 0.104. The zero-order valence-electron chi connectivity index (χ0n) is 12.4. The zero-order chi connectivity index (χ0) is 14.2. The quantitative estimate of drug-likeness (QED) is 0.636. The topological polar surface area (TPSA) is 69.8 Å². The maximum absolute atomic E-state index is 12.1. The fourth-order valence-electron chi connectivity index (χ4n) is 2.59. The van der Waals surface area contributed by atoms with Gasteiger partial charge in [0, 0.05) is 19.5 Å². The van der Waals surface area contributed by atoms with Gasteiger partial charge in [-0.2, -0.15) is 0 Å². The molecule has 0 aromatic carbocycles. The van der Waals surface area contributed by atoms with Crippen molar-refractivity contribution in [3.8, 4) is 0 Å². The van der Waals surface area contributed by atoms with E-state index in [4.69, 9.17) is 0 Å². The number of fused-ring (bicyclic) bond motifs is 1. The Morgan fingerprint density at radius 2 is 2.15 bits per heavy atom. The van der Waals surface area contributed by atoms with Crippen LogP contribution in [0.25, 0.3) is 0 Å². The van der Waals surface area contributed by atoms with Crippen molar-refractivity contribution in [1.82, 2.24) is 20.6 Å². The van der Waals surface area contributed by atoms with Crippen molar-refractivity contribution in [3.63, 3.8) is 0 Å². The second kappa shape index (κ2) is 8.04. The van der Waals surface area contributed by atoms with Crippen LogP contribution in [-0.4, -0.2) is 28.5 Å². The molecule has 3 N–H and O–H groups in total. The summed E-state index contributed by atoms with van der Waals surface area (Å²) in [5, 5.41) is 6.27. The molecule has 5 nitrogen and oxygen atoms in total. The molecule has 1 aliphatic heterocycles. The highest BCUT2D eigenvalue weighted by Crippen LogP contribution is 2.12. The van der Waals surface area contributed by atoms with Crippen LogP contribution >= 0.6 is 0 Å². The first-order chi connectivity index (χ1) is 9.81. The van der Waals surface area contributed by atoms with Gasteiger partial charge in [0.1, 0.15) is 0 Å². The zero-order valence-corrected chi connectivity index (χ0v) is 12.4. The SMILES string of the molecule is CCCCCCCCNC(=O)C1Cc2nc[nH]c2CN1. The number of nitrogens with zero attached hydrogens (tertiary/aromatic N) is 1. The van der Waals surface area contributed by atoms with Crippen molar-refractivity contribution in [1.29, 1.82) is 0 Å². The fraction of sp³-hybridized carbons (Fsp3) is 0.733. The number of carbonyl (C=O) groups is 1. The first-order valence-electron chi connectivity index (χ1n) is 7.83. The Kier molecular flexibility index (Phi) is 6.05. The first-order valence-corrected chi connectivity index (χ1v) is 7.83. The molecule has 1 unspecified atom stereocenters. The van der Waals surface area contributed by atoms with Crippen LogP contribution in [0.4, 0.5) is 0 Å². The summed E-state index contributed by atoms with van der Waals surface area (Å²) in [4.78, 5) is 19.4. The highest BCUT2D eigenvalue weighted by molar-refractivity contribution is 5.82. The number of hydrogen-bond donors (Lipinski definition) is 3. The number of unbranched alkanes of at least 4 members (excludes halogenated alkanes) is 5. The molecule has 2 rings (SSSR count). The largest absolute Gasteiger partial charge is 0.355 e. The molecule has 2 heterocycles. The summed E-state index contributed by atoms with van der Waals surface area (Å²) < 4.78 is 0. The molecule has 1 aromatic rings. The molecule has 0 radical (unpaired) electrons. The van der Waals surface area contributed by atoms with Gasteiger partial charge in [-0.25, -0.2) is 4.98 Å². The van der Waals surface area contributed by atoms with Crippen LogP contribution in [0.15, 0.2) is 6.33 Å². The molecule has 0 saturated carbocycles. The van der Waals surface area contributed by atoms with E-state index in [1.54, 1.807) is 6.33 Å². The molecule has 0 aliphatic carbocycles. The van der Waals surface area contributed by atoms with E-state index in [2.05, 4.69) is 27.5 Å². The standard InChI is InChI=1S/C15H26N4O/c1-2-3-4-5-6-7-8-16-15(20)13-9-12-14(10-17-13)19-11-18-12/h11,13,17H,2-10H2,1H3,(H,16,20)(H,18,19). The minimum atomic E-state index is -0.133. The molecule has 1 aromatic heterocycles. The van der Waals surface area contributed by atoms with Crippen molar-refractivity contribution >= 4 is 5.91 Å². The van der Waals surface area contributed by atoms with Gasteiger partial charge in [0.05, 0.1) is 23.8 Å². The Balaban J connectivity index is 1.59. The number of nitrogens with one attached hydrogen (secondary N) is 3. The van der Waals surface area contributed by atoms with Gasteiger partial charge in [-0.3, -0.25) is 10.1 Å². The Hall–Kier alpha value is -1.36. The van der Waals surface area contributed by atoms with Crippen LogP contribution in [0.3, 0.4) is 0 Å². The lowest BCUT2D eigenvalue weighted by atomic mass is 10.0. The highest BCUT2D eigenvalue weighted by atomic mass is 16.2. The number of aromatic amines is 1. The molecule has 0 fully saturated rings. The van der Waals surface area contributed by atoms with Gasteiger partial charge in [0.2, 0.25) is 5.91 Å². The molecule has 1 aliphatic rings. The number of imidazole rings is 1. The molecule has 5 heteroatoms. The van der Waals surface area contributed by atoms with E-state index in [1.807, 2.05) is 0 Å². The lowest BCUT2D eigenvalue weighted by molar-refractivity contribution is -0.123. The minimum absolute atomic E-state index is 0.104. The summed E-state index contributed by atoms with van der Waals surface area (Å²) in [6.07, 6.45) is 9.87. The van der Waals surface area contributed by atoms with Gasteiger partial charge in [0.15, 0.2) is 0 Å². The smallest absolute Gasteiger partial charge is 0.237 e. The van der Waals surface area contributed by atoms with Crippen LogP contribution in [0.5, 0.6) is 0 Å². The summed E-state index contributed by atoms with van der Waals surface area (Å²) in [6, 6.07) is -0.133. The minimum Gasteiger partial charge on any atom is -0.355 e. The van der Waals surface area contributed by atoms with Crippen LogP contribution in [0, 0.1) is 0 Å². The molecule has 1 atom stereocenters. The van der Waals surface area contributed by atoms with E-state index in [0.29, 0.717) is 13.0 Å². The second-order valence-electron chi connectivity index (χ2n) is 5.52. The predicted octanol–water partition coefficient (Wildman–Crippen LogP) is 1.90. The Morgan fingerprint density at radius 1 is 1.35 bits per heavy atom. The van der Waals surface area contributed by atoms with Crippen molar-refractivity contribution in [2.24, 2.45) is 0 Å². The third-order valence-electron chi connectivity index (χ3n) is 3.88. The lowest BCUT2D eigenvalue weighted by Gasteiger charge is -2.22. The van der Waals surface area contributed by atoms with Gasteiger partial charge in [-0.1, -0.05) is 39.0 Å². The molecule has 0 bridgehead atoms. The highest BCUT2D eigenvalue weighted by Gasteiger charge is 2.25. The number of rotatable bonds is 8. The Morgan fingerprint density at radius 3 is 3.00 bits per heavy atom. The van der Waals surface area contributed by atoms with Crippen LogP contribution in [0.1, 0.15) is 56.8 Å². The van der Waals surface area contributed by atoms with Crippen molar-refractivity contribution < 1.29 is 4.79 Å². The lowest BCUT2D eigenvalue weighted by Crippen LogP contribution is -2.47. The molecule has 112 valence electrons. The summed E-state index contributed by atoms with van der Waals surface area (Å²) in [6.45, 7) is 3.71. The number of carbonyl (C=O) groups excluding carboxylic acids is 1. The van der Waals surface area contributed by atoms with Crippen LogP contribution in [0.2, 0.25) is 0 Å². The summed E-state index contributed by atoms with van der Waals surface area (Å²) in [7, 11) is 0. The van der Waals surface area contributed by atoms with Gasteiger partial charge >= 0.3 is 0 Å². The number of hydrogen-bond acceptors (Lipinski definition) is 3. The van der Waals surface area contributed by atoms with Gasteiger partial charge in [0.25, 0.3) is 0 Å². The molecule has 0 saturated heterocycles. The van der Waals surface area contributed by atoms with E-state index in [1.165, 1.54) is 32.1 Å². The fourth-order valence-corrected chi connectivity index (χ4v) is 2.59. The van der Waals surface area contributed by atoms with Crippen molar-refractivity contribution in [2.75, 3.05) is 6.54 Å². The van der Waals surface area contributed by atoms with E-state index in [-0.39, 0.29) is 11.9 Å². The van der Waals surface area contributed by atoms with Crippen molar-refractivity contribution in [2.45, 2.75) is 64.5 Å².